The highest BCUT2D eigenvalue weighted by molar-refractivity contribution is 6.30. The molecule has 4 rings (SSSR count). The van der Waals surface area contributed by atoms with E-state index in [0.29, 0.717) is 10.5 Å². The number of aliphatic hydroxyl groups excluding tert-OH is 1. The lowest BCUT2D eigenvalue weighted by molar-refractivity contribution is 0.0793. The van der Waals surface area contributed by atoms with Crippen molar-refractivity contribution in [3.05, 3.63) is 64.9 Å². The highest BCUT2D eigenvalue weighted by Crippen LogP contribution is 2.29. The van der Waals surface area contributed by atoms with E-state index in [-0.39, 0.29) is 11.9 Å². The van der Waals surface area contributed by atoms with Crippen molar-refractivity contribution in [1.82, 2.24) is 9.88 Å². The molecule has 1 aliphatic heterocycles. The Hall–Kier alpha value is -2.01. The zero-order valence-electron chi connectivity index (χ0n) is 14.3. The van der Waals surface area contributed by atoms with E-state index in [0.717, 1.165) is 54.7 Å². The third kappa shape index (κ3) is 3.73. The largest absolute Gasteiger partial charge is 0.393 e. The van der Waals surface area contributed by atoms with Crippen molar-refractivity contribution in [2.24, 2.45) is 0 Å². The number of likely N-dealkylation sites (tertiary alicyclic amines) is 1. The zero-order chi connectivity index (χ0) is 18.1. The number of halogens is 2. The van der Waals surface area contributed by atoms with Crippen LogP contribution in [0.15, 0.2) is 48.5 Å². The summed E-state index contributed by atoms with van der Waals surface area (Å²) in [5.41, 5.74) is 3.48. The predicted octanol–water partition coefficient (Wildman–Crippen LogP) is 4.65. The fraction of sp³-hybridized carbons (Fsp3) is 0.286. The second kappa shape index (κ2) is 7.31. The molecule has 0 bridgehead atoms. The minimum absolute atomic E-state index is 0.198. The Morgan fingerprint density at radius 3 is 2.69 bits per heavy atom. The Bertz CT molecular complexity index is 938. The SMILES string of the molecule is OC1CCN(Cc2cc3ccc(F)cc3nc2-c2cccc(Cl)c2)CC1. The molecule has 2 heterocycles. The summed E-state index contributed by atoms with van der Waals surface area (Å²) < 4.78 is 13.7. The van der Waals surface area contributed by atoms with Crippen LogP contribution < -0.4 is 0 Å². The number of hydrogen-bond donors (Lipinski definition) is 1. The van der Waals surface area contributed by atoms with E-state index in [1.54, 1.807) is 6.07 Å². The first-order valence-corrected chi connectivity index (χ1v) is 9.22. The second-order valence-electron chi connectivity index (χ2n) is 6.85. The maximum atomic E-state index is 13.7. The van der Waals surface area contributed by atoms with Gasteiger partial charge in [-0.2, -0.15) is 0 Å². The molecule has 1 N–H and O–H groups in total. The number of benzene rings is 2. The van der Waals surface area contributed by atoms with Crippen LogP contribution in [0.1, 0.15) is 18.4 Å². The van der Waals surface area contributed by atoms with Gasteiger partial charge in [0.05, 0.1) is 17.3 Å². The van der Waals surface area contributed by atoms with Gasteiger partial charge >= 0.3 is 0 Å². The summed E-state index contributed by atoms with van der Waals surface area (Å²) in [6.45, 7) is 2.46. The summed E-state index contributed by atoms with van der Waals surface area (Å²) in [5.74, 6) is -0.292. The van der Waals surface area contributed by atoms with Gasteiger partial charge in [0.15, 0.2) is 0 Å². The van der Waals surface area contributed by atoms with Crippen molar-refractivity contribution >= 4 is 22.5 Å². The summed E-state index contributed by atoms with van der Waals surface area (Å²) in [7, 11) is 0. The number of nitrogens with zero attached hydrogens (tertiary/aromatic N) is 2. The number of fused-ring (bicyclic) bond motifs is 1. The number of rotatable bonds is 3. The summed E-state index contributed by atoms with van der Waals surface area (Å²) in [4.78, 5) is 7.08. The van der Waals surface area contributed by atoms with Crippen LogP contribution >= 0.6 is 11.6 Å². The van der Waals surface area contributed by atoms with E-state index in [4.69, 9.17) is 16.6 Å². The maximum absolute atomic E-state index is 13.7. The van der Waals surface area contributed by atoms with Crippen LogP contribution in [0.25, 0.3) is 22.2 Å². The third-order valence-electron chi connectivity index (χ3n) is 4.91. The van der Waals surface area contributed by atoms with Gasteiger partial charge in [-0.1, -0.05) is 23.7 Å². The molecular formula is C21H20ClFN2O. The Kier molecular flexibility index (Phi) is 4.90. The minimum atomic E-state index is -0.292. The number of pyridine rings is 1. The van der Waals surface area contributed by atoms with E-state index >= 15 is 0 Å². The molecule has 1 fully saturated rings. The highest BCUT2D eigenvalue weighted by Gasteiger charge is 2.19. The molecule has 1 aliphatic rings. The normalized spacial score (nSPS) is 16.3. The van der Waals surface area contributed by atoms with Gasteiger partial charge in [-0.15, -0.1) is 0 Å². The molecule has 0 atom stereocenters. The fourth-order valence-corrected chi connectivity index (χ4v) is 3.70. The number of aliphatic hydroxyl groups is 1. The summed E-state index contributed by atoms with van der Waals surface area (Å²) >= 11 is 6.17. The van der Waals surface area contributed by atoms with Crippen molar-refractivity contribution < 1.29 is 9.50 Å². The topological polar surface area (TPSA) is 36.4 Å². The molecule has 0 aliphatic carbocycles. The fourth-order valence-electron chi connectivity index (χ4n) is 3.51. The Labute approximate surface area is 157 Å². The molecule has 0 amide bonds. The molecule has 3 nitrogen and oxygen atoms in total. The van der Waals surface area contributed by atoms with Gasteiger partial charge in [-0.3, -0.25) is 4.90 Å². The summed E-state index contributed by atoms with van der Waals surface area (Å²) in [6, 6.07) is 14.4. The molecule has 0 spiro atoms. The van der Waals surface area contributed by atoms with Crippen LogP contribution in [0.3, 0.4) is 0 Å². The van der Waals surface area contributed by atoms with Crippen LogP contribution in [0.5, 0.6) is 0 Å². The molecule has 0 unspecified atom stereocenters. The standard InChI is InChI=1S/C21H20ClFN2O/c22-17-3-1-2-15(11-17)21-16(13-25-8-6-19(26)7-9-25)10-14-4-5-18(23)12-20(14)24-21/h1-5,10-12,19,26H,6-9,13H2. The van der Waals surface area contributed by atoms with Crippen LogP contribution in [0.4, 0.5) is 4.39 Å². The molecule has 3 aromatic rings. The minimum Gasteiger partial charge on any atom is -0.393 e. The van der Waals surface area contributed by atoms with Crippen LogP contribution in [-0.4, -0.2) is 34.2 Å². The van der Waals surface area contributed by atoms with Crippen LogP contribution in [0, 0.1) is 5.82 Å². The first-order valence-electron chi connectivity index (χ1n) is 8.84. The van der Waals surface area contributed by atoms with Crippen LogP contribution in [0.2, 0.25) is 5.02 Å². The Balaban J connectivity index is 1.78. The van der Waals surface area contributed by atoms with E-state index in [1.807, 2.05) is 24.3 Å². The molecule has 0 radical (unpaired) electrons. The molecule has 1 saturated heterocycles. The van der Waals surface area contributed by atoms with Crippen molar-refractivity contribution in [3.8, 4) is 11.3 Å². The quantitative estimate of drug-likeness (QED) is 0.729. The van der Waals surface area contributed by atoms with Gasteiger partial charge < -0.3 is 5.11 Å². The van der Waals surface area contributed by atoms with Gasteiger partial charge in [-0.05, 0) is 48.7 Å². The van der Waals surface area contributed by atoms with Gasteiger partial charge in [0.25, 0.3) is 0 Å². The lowest BCUT2D eigenvalue weighted by Gasteiger charge is -2.30. The van der Waals surface area contributed by atoms with Crippen molar-refractivity contribution in [1.29, 1.82) is 0 Å². The maximum Gasteiger partial charge on any atom is 0.125 e. The van der Waals surface area contributed by atoms with E-state index in [1.165, 1.54) is 12.1 Å². The lowest BCUT2D eigenvalue weighted by Crippen LogP contribution is -2.35. The first-order chi connectivity index (χ1) is 12.6. The van der Waals surface area contributed by atoms with E-state index < -0.39 is 0 Å². The van der Waals surface area contributed by atoms with E-state index in [9.17, 15) is 9.50 Å². The smallest absolute Gasteiger partial charge is 0.125 e. The van der Waals surface area contributed by atoms with Gasteiger partial charge in [0.2, 0.25) is 0 Å². The molecule has 5 heteroatoms. The predicted molar refractivity (Wildman–Crippen MR) is 103 cm³/mol. The molecule has 26 heavy (non-hydrogen) atoms. The average molecular weight is 371 g/mol. The molecule has 1 aromatic heterocycles. The van der Waals surface area contributed by atoms with E-state index in [2.05, 4.69) is 11.0 Å². The molecule has 2 aromatic carbocycles. The molecule has 0 saturated carbocycles. The summed E-state index contributed by atoms with van der Waals surface area (Å²) in [5, 5.41) is 11.3. The van der Waals surface area contributed by atoms with Gasteiger partial charge in [0, 0.05) is 41.7 Å². The van der Waals surface area contributed by atoms with Crippen LogP contribution in [-0.2, 0) is 6.54 Å². The average Bonchev–Trinajstić information content (AvgIpc) is 2.63. The number of hydrogen-bond acceptors (Lipinski definition) is 3. The molecular weight excluding hydrogens is 351 g/mol. The zero-order valence-corrected chi connectivity index (χ0v) is 15.1. The molecule has 134 valence electrons. The summed E-state index contributed by atoms with van der Waals surface area (Å²) in [6.07, 6.45) is 1.38. The number of piperidine rings is 1. The highest BCUT2D eigenvalue weighted by atomic mass is 35.5. The van der Waals surface area contributed by atoms with Gasteiger partial charge in [-0.25, -0.2) is 9.37 Å². The first kappa shape index (κ1) is 17.4. The third-order valence-corrected chi connectivity index (χ3v) is 5.14. The Morgan fingerprint density at radius 1 is 1.12 bits per heavy atom. The van der Waals surface area contributed by atoms with Gasteiger partial charge in [0.1, 0.15) is 5.82 Å². The Morgan fingerprint density at radius 2 is 1.92 bits per heavy atom. The second-order valence-corrected chi connectivity index (χ2v) is 7.29. The monoisotopic (exact) mass is 370 g/mol. The lowest BCUT2D eigenvalue weighted by atomic mass is 10.0. The number of aromatic nitrogens is 1. The van der Waals surface area contributed by atoms with Crippen molar-refractivity contribution in [2.75, 3.05) is 13.1 Å². The van der Waals surface area contributed by atoms with Crippen molar-refractivity contribution in [2.45, 2.75) is 25.5 Å². The van der Waals surface area contributed by atoms with Crippen molar-refractivity contribution in [3.63, 3.8) is 0 Å².